The van der Waals surface area contributed by atoms with Gasteiger partial charge in [-0.2, -0.15) is 0 Å². The SMILES string of the molecule is C=CC(=O)OCCOc1ccc(C(c2ccc(-c3nc4ccccc4s3)cc2)(c2ccc3ccccc3c2)c2ccc3cc(OCCOC(=O)C=C)ccc3c2)cc1. The fourth-order valence-electron chi connectivity index (χ4n) is 7.35. The second kappa shape index (κ2) is 17.0. The number of ether oxygens (including phenoxy) is 4. The number of fused-ring (bicyclic) bond motifs is 3. The molecule has 0 saturated heterocycles. The minimum Gasteiger partial charge on any atom is -0.490 e. The number of benzene rings is 7. The van der Waals surface area contributed by atoms with Gasteiger partial charge in [0, 0.05) is 17.7 Å². The first-order valence-electron chi connectivity index (χ1n) is 18.9. The Bertz CT molecular complexity index is 2740. The summed E-state index contributed by atoms with van der Waals surface area (Å²) in [5.41, 5.74) is 5.52. The predicted molar refractivity (Wildman–Crippen MR) is 232 cm³/mol. The van der Waals surface area contributed by atoms with E-state index in [1.54, 1.807) is 11.3 Å². The molecule has 0 fully saturated rings. The molecule has 7 aromatic carbocycles. The first kappa shape index (κ1) is 37.9. The molecule has 8 aromatic rings. The molecule has 286 valence electrons. The van der Waals surface area contributed by atoms with Crippen LogP contribution in [-0.4, -0.2) is 43.4 Å². The third-order valence-corrected chi connectivity index (χ3v) is 11.2. The molecule has 0 amide bonds. The Kier molecular flexibility index (Phi) is 11.1. The zero-order chi connectivity index (χ0) is 39.9. The number of carbonyl (C=O) groups excluding carboxylic acids is 2. The lowest BCUT2D eigenvalue weighted by Crippen LogP contribution is -2.31. The van der Waals surface area contributed by atoms with Gasteiger partial charge in [0.05, 0.1) is 15.6 Å². The number of para-hydroxylation sites is 1. The maximum Gasteiger partial charge on any atom is 0.330 e. The molecule has 58 heavy (non-hydrogen) atoms. The van der Waals surface area contributed by atoms with E-state index in [1.807, 2.05) is 42.5 Å². The van der Waals surface area contributed by atoms with Crippen molar-refractivity contribution in [3.8, 4) is 22.1 Å². The van der Waals surface area contributed by atoms with Gasteiger partial charge in [-0.05, 0) is 92.3 Å². The number of esters is 2. The van der Waals surface area contributed by atoms with E-state index in [9.17, 15) is 9.59 Å². The van der Waals surface area contributed by atoms with Crippen molar-refractivity contribution in [3.05, 3.63) is 199 Å². The van der Waals surface area contributed by atoms with Crippen molar-refractivity contribution >= 4 is 55.0 Å². The number of hydrogen-bond donors (Lipinski definition) is 0. The molecule has 0 N–H and O–H groups in total. The lowest BCUT2D eigenvalue weighted by atomic mass is 9.64. The van der Waals surface area contributed by atoms with Crippen LogP contribution in [-0.2, 0) is 24.5 Å². The van der Waals surface area contributed by atoms with Gasteiger partial charge in [0.1, 0.15) is 42.9 Å². The van der Waals surface area contributed by atoms with E-state index < -0.39 is 17.4 Å². The number of carbonyl (C=O) groups is 2. The van der Waals surface area contributed by atoms with Crippen molar-refractivity contribution in [1.29, 1.82) is 0 Å². The summed E-state index contributed by atoms with van der Waals surface area (Å²) in [7, 11) is 0. The molecule has 0 aliphatic carbocycles. The summed E-state index contributed by atoms with van der Waals surface area (Å²) >= 11 is 1.68. The zero-order valence-electron chi connectivity index (χ0n) is 31.6. The molecular formula is C50H39NO6S. The molecule has 0 spiro atoms. The average Bonchev–Trinajstić information content (AvgIpc) is 3.72. The maximum atomic E-state index is 11.6. The smallest absolute Gasteiger partial charge is 0.330 e. The second-order valence-electron chi connectivity index (χ2n) is 13.6. The first-order valence-corrected chi connectivity index (χ1v) is 19.7. The lowest BCUT2D eigenvalue weighted by Gasteiger charge is -2.37. The second-order valence-corrected chi connectivity index (χ2v) is 14.6. The highest BCUT2D eigenvalue weighted by Gasteiger charge is 2.39. The topological polar surface area (TPSA) is 84.0 Å². The number of nitrogens with zero attached hydrogens (tertiary/aromatic N) is 1. The third kappa shape index (κ3) is 7.83. The Balaban J connectivity index is 1.25. The summed E-state index contributed by atoms with van der Waals surface area (Å²) < 4.78 is 23.3. The Morgan fingerprint density at radius 1 is 0.534 bits per heavy atom. The van der Waals surface area contributed by atoms with Gasteiger partial charge < -0.3 is 18.9 Å². The van der Waals surface area contributed by atoms with E-state index >= 15 is 0 Å². The average molecular weight is 782 g/mol. The number of hydrogen-bond acceptors (Lipinski definition) is 8. The van der Waals surface area contributed by atoms with Crippen LogP contribution in [0.2, 0.25) is 0 Å². The highest BCUT2D eigenvalue weighted by Crippen LogP contribution is 2.47. The molecule has 1 unspecified atom stereocenters. The van der Waals surface area contributed by atoms with E-state index in [4.69, 9.17) is 23.9 Å². The van der Waals surface area contributed by atoms with Gasteiger partial charge >= 0.3 is 11.9 Å². The van der Waals surface area contributed by atoms with Gasteiger partial charge in [0.2, 0.25) is 0 Å². The molecule has 0 aliphatic heterocycles. The van der Waals surface area contributed by atoms with Crippen LogP contribution in [0.15, 0.2) is 177 Å². The molecule has 0 aliphatic rings. The van der Waals surface area contributed by atoms with Crippen LogP contribution in [0, 0.1) is 0 Å². The summed E-state index contributed by atoms with van der Waals surface area (Å²) in [6, 6.07) is 52.8. The van der Waals surface area contributed by atoms with Gasteiger partial charge in [-0.15, -0.1) is 11.3 Å². The quantitative estimate of drug-likeness (QED) is 0.0443. The molecule has 7 nitrogen and oxygen atoms in total. The molecule has 8 heteroatoms. The Morgan fingerprint density at radius 3 is 1.69 bits per heavy atom. The van der Waals surface area contributed by atoms with Gasteiger partial charge in [-0.3, -0.25) is 0 Å². The Labute approximate surface area is 340 Å². The fraction of sp³-hybridized carbons (Fsp3) is 0.100. The van der Waals surface area contributed by atoms with Crippen molar-refractivity contribution in [2.75, 3.05) is 26.4 Å². The van der Waals surface area contributed by atoms with Crippen molar-refractivity contribution in [3.63, 3.8) is 0 Å². The Hall–Kier alpha value is -7.03. The number of rotatable bonds is 15. The van der Waals surface area contributed by atoms with Gasteiger partial charge in [-0.1, -0.05) is 116 Å². The molecular weight excluding hydrogens is 743 g/mol. The highest BCUT2D eigenvalue weighted by atomic mass is 32.1. The van der Waals surface area contributed by atoms with Crippen LogP contribution in [0.4, 0.5) is 0 Å². The van der Waals surface area contributed by atoms with Crippen molar-refractivity contribution in [2.24, 2.45) is 0 Å². The Morgan fingerprint density at radius 2 is 1.03 bits per heavy atom. The zero-order valence-corrected chi connectivity index (χ0v) is 32.5. The summed E-state index contributed by atoms with van der Waals surface area (Å²) in [4.78, 5) is 28.0. The normalized spacial score (nSPS) is 12.1. The van der Waals surface area contributed by atoms with E-state index in [0.29, 0.717) is 11.5 Å². The van der Waals surface area contributed by atoms with E-state index in [-0.39, 0.29) is 26.4 Å². The third-order valence-electron chi connectivity index (χ3n) is 10.1. The largest absolute Gasteiger partial charge is 0.490 e. The van der Waals surface area contributed by atoms with Crippen LogP contribution < -0.4 is 9.47 Å². The van der Waals surface area contributed by atoms with E-state index in [0.717, 1.165) is 76.7 Å². The number of aromatic nitrogens is 1. The van der Waals surface area contributed by atoms with E-state index in [2.05, 4.69) is 122 Å². The molecule has 0 radical (unpaired) electrons. The summed E-state index contributed by atoms with van der Waals surface area (Å²) in [6.45, 7) is 7.56. The molecule has 1 aromatic heterocycles. The standard InChI is InChI=1S/C50H39NO6S/c1-3-47(52)56-29-27-54-43-25-22-40(23-26-43)50(41-20-13-34-9-5-6-10-36(34)31-41,39-18-14-35(15-19-39)49-51-45-11-7-8-12-46(45)58-49)42-21-16-38-33-44(24-17-37(38)32-42)55-28-30-57-48(53)4-2/h3-26,31-33H,1-2,27-30H2. The highest BCUT2D eigenvalue weighted by molar-refractivity contribution is 7.21. The van der Waals surface area contributed by atoms with Gasteiger partial charge in [-0.25, -0.2) is 14.6 Å². The van der Waals surface area contributed by atoms with Crippen molar-refractivity contribution < 1.29 is 28.5 Å². The minimum absolute atomic E-state index is 0.112. The van der Waals surface area contributed by atoms with Gasteiger partial charge in [0.25, 0.3) is 0 Å². The summed E-state index contributed by atoms with van der Waals surface area (Å²) in [5, 5.41) is 5.28. The van der Waals surface area contributed by atoms with Gasteiger partial charge in [0.15, 0.2) is 0 Å². The van der Waals surface area contributed by atoms with Crippen LogP contribution in [0.5, 0.6) is 11.5 Å². The minimum atomic E-state index is -0.785. The van der Waals surface area contributed by atoms with Crippen molar-refractivity contribution in [2.45, 2.75) is 5.41 Å². The summed E-state index contributed by atoms with van der Waals surface area (Å²) in [5.74, 6) is 0.363. The molecule has 1 atom stereocenters. The first-order chi connectivity index (χ1) is 28.4. The predicted octanol–water partition coefficient (Wildman–Crippen LogP) is 10.9. The van der Waals surface area contributed by atoms with Crippen molar-refractivity contribution in [1.82, 2.24) is 4.98 Å². The maximum absolute atomic E-state index is 11.6. The molecule has 0 bridgehead atoms. The lowest BCUT2D eigenvalue weighted by molar-refractivity contribution is -0.139. The monoisotopic (exact) mass is 781 g/mol. The van der Waals surface area contributed by atoms with E-state index in [1.165, 1.54) is 0 Å². The van der Waals surface area contributed by atoms with Crippen LogP contribution in [0.25, 0.3) is 42.3 Å². The molecule has 8 rings (SSSR count). The fourth-order valence-corrected chi connectivity index (χ4v) is 8.32. The van der Waals surface area contributed by atoms with Crippen LogP contribution in [0.3, 0.4) is 0 Å². The summed E-state index contributed by atoms with van der Waals surface area (Å²) in [6.07, 6.45) is 2.27. The molecule has 1 heterocycles. The van der Waals surface area contributed by atoms with Crippen LogP contribution >= 0.6 is 11.3 Å². The van der Waals surface area contributed by atoms with Crippen LogP contribution in [0.1, 0.15) is 22.3 Å². The molecule has 0 saturated carbocycles. The number of thiazole rings is 1.